The van der Waals surface area contributed by atoms with Crippen molar-refractivity contribution in [2.45, 2.75) is 184 Å². The van der Waals surface area contributed by atoms with Gasteiger partial charge in [0.25, 0.3) is 23.5 Å². The number of nitrogen functional groups attached to an aromatic ring is 1. The van der Waals surface area contributed by atoms with E-state index in [2.05, 4.69) is 45.6 Å². The van der Waals surface area contributed by atoms with Gasteiger partial charge in [-0.1, -0.05) is 45.9 Å². The number of guanidine groups is 2. The molecular weight excluding hydrogens is 1550 g/mol. The summed E-state index contributed by atoms with van der Waals surface area (Å²) >= 11 is 0. The first-order chi connectivity index (χ1) is 55.6. The lowest BCUT2D eigenvalue weighted by Crippen LogP contribution is -2.66. The number of methoxy groups -OCH3 is 1. The van der Waals surface area contributed by atoms with Crippen LogP contribution in [0.25, 0.3) is 10.8 Å². The first kappa shape index (κ1) is 94.8. The van der Waals surface area contributed by atoms with Crippen molar-refractivity contribution in [1.29, 1.82) is 0 Å². The maximum atomic E-state index is 14.4. The normalized spacial score (nSPS) is 33.5. The highest BCUT2D eigenvalue weighted by molar-refractivity contribution is 6.24. The highest BCUT2D eigenvalue weighted by Crippen LogP contribution is 2.55. The summed E-state index contributed by atoms with van der Waals surface area (Å²) in [5, 5.41) is 143. The number of aliphatic hydroxyl groups is 9. The van der Waals surface area contributed by atoms with E-state index in [1.807, 2.05) is 12.5 Å². The number of carbonyl (C=O) groups excluding carboxylic acids is 6. The number of carbonyl (C=O) groups is 6. The number of ketones is 1. The molecule has 650 valence electrons. The summed E-state index contributed by atoms with van der Waals surface area (Å²) in [5.74, 6) is -5.35. The number of nitrogens with two attached hydrogens (primary N) is 6. The zero-order chi connectivity index (χ0) is 87.9. The number of anilines is 1. The number of hydrogen-bond donors (Lipinski definition) is 21. The van der Waals surface area contributed by atoms with E-state index < -0.39 is 204 Å². The first-order valence-corrected chi connectivity index (χ1v) is 37.3. The summed E-state index contributed by atoms with van der Waals surface area (Å²) in [5.41, 5.74) is 26.6. The van der Waals surface area contributed by atoms with Crippen LogP contribution in [0.3, 0.4) is 0 Å². The van der Waals surface area contributed by atoms with E-state index in [0.29, 0.717) is 18.7 Å². The van der Waals surface area contributed by atoms with E-state index in [0.717, 1.165) is 13.1 Å². The monoisotopic (exact) mass is 1660 g/mol. The number of pyridine rings is 1. The molecule has 0 radical (unpaired) electrons. The fraction of sp³-hybridized carbons (Fsp3) is 0.547. The number of aldehydes is 1. The average molecular weight is 1660 g/mol. The Labute approximate surface area is 677 Å². The van der Waals surface area contributed by atoms with Crippen molar-refractivity contribution in [3.05, 3.63) is 107 Å². The average Bonchev–Trinajstić information content (AvgIpc) is 1.46. The van der Waals surface area contributed by atoms with Gasteiger partial charge in [-0.15, -0.1) is 0 Å². The summed E-state index contributed by atoms with van der Waals surface area (Å²) in [6.45, 7) is 15.7. The number of primary amides is 1. The van der Waals surface area contributed by atoms with E-state index in [1.165, 1.54) is 104 Å². The van der Waals surface area contributed by atoms with Crippen molar-refractivity contribution < 1.29 is 128 Å². The number of hydrogen-bond acceptors (Lipinski definition) is 36. The molecule has 4 aromatic rings. The van der Waals surface area contributed by atoms with Gasteiger partial charge in [0.05, 0.1) is 77.9 Å². The van der Waals surface area contributed by atoms with Crippen molar-refractivity contribution in [1.82, 2.24) is 35.6 Å². The van der Waals surface area contributed by atoms with Crippen LogP contribution in [0.5, 0.6) is 23.0 Å². The van der Waals surface area contributed by atoms with E-state index in [9.17, 15) is 90.0 Å². The predicted octanol–water partition coefficient (Wildman–Crippen LogP) is -4.57. The van der Waals surface area contributed by atoms with Crippen LogP contribution in [0.4, 0.5) is 5.69 Å². The molecule has 118 heavy (non-hydrogen) atoms. The van der Waals surface area contributed by atoms with Crippen LogP contribution in [0.2, 0.25) is 0 Å². The van der Waals surface area contributed by atoms with Crippen molar-refractivity contribution in [3.8, 4) is 23.0 Å². The molecule has 8 heterocycles. The molecule has 24 atom stereocenters. The minimum Gasteiger partial charge on any atom is -0.507 e. The summed E-state index contributed by atoms with van der Waals surface area (Å²) in [6, 6.07) is -0.910. The van der Waals surface area contributed by atoms with Gasteiger partial charge in [0.1, 0.15) is 90.0 Å². The quantitative estimate of drug-likeness (QED) is 0.00613. The Morgan fingerprint density at radius 2 is 1.41 bits per heavy atom. The second-order valence-corrected chi connectivity index (χ2v) is 29.2. The highest BCUT2D eigenvalue weighted by Gasteiger charge is 2.61. The number of aliphatic hydroxyl groups excluding tert-OH is 8. The largest absolute Gasteiger partial charge is 0.507 e. The third kappa shape index (κ3) is 21.6. The number of amides is 3. The van der Waals surface area contributed by atoms with Gasteiger partial charge in [-0.05, 0) is 53.1 Å². The van der Waals surface area contributed by atoms with Gasteiger partial charge in [-0.3, -0.25) is 49.2 Å². The molecule has 7 aliphatic rings. The number of piperazine rings is 1. The van der Waals surface area contributed by atoms with Gasteiger partial charge in [0, 0.05) is 118 Å². The van der Waals surface area contributed by atoms with Crippen LogP contribution in [0.1, 0.15) is 97.7 Å². The van der Waals surface area contributed by atoms with Crippen LogP contribution >= 0.6 is 0 Å². The maximum Gasteiger partial charge on any atom is 0.312 e. The fourth-order valence-electron chi connectivity index (χ4n) is 14.0. The SMILES string of the molecule is CN[C@@H]1[C@H](O[C@H]2[C@H](O[C@H]3[C@H](O)[C@@H](O)[C@H](N=C(N)N)[C@@H](O)[C@@H]3N=C(N)N)O[C@@H](C)[C@]2(O)C=O)O[C@@H](CO)[C@H](O)[C@H]1O.CO[C@H]1/C=C/O[C@@]2(C)Oc3c(C)c(O)c4c(O)c(c(/C=N\N5CCN(C)CC5)c(O)c4c3C2=O)NC(=O)/C(C)=C\C=C\[C@H](C)[C@@H](O)[C@@H](C)[C@@H](O)[C@@H](C)[C@H](OC(C)=O)[C@H]1C.NC(=O)c1cnccn1.NNC(=O)c1ccncc1. The smallest absolute Gasteiger partial charge is 0.312 e. The minimum absolute atomic E-state index is 0.0559. The Balaban J connectivity index is 0.000000276. The molecule has 0 spiro atoms. The van der Waals surface area contributed by atoms with Gasteiger partial charge in [0.2, 0.25) is 0 Å². The first-order valence-electron chi connectivity index (χ1n) is 37.3. The zero-order valence-electron chi connectivity index (χ0n) is 66.9. The number of aromatic nitrogens is 3. The van der Waals surface area contributed by atoms with E-state index in [1.54, 1.807) is 57.0 Å². The number of phenols is 3. The lowest BCUT2D eigenvalue weighted by atomic mass is 9.78. The third-order valence-electron chi connectivity index (χ3n) is 21.1. The highest BCUT2D eigenvalue weighted by atomic mass is 16.8. The molecular formula is C75H109N17O26. The Morgan fingerprint density at radius 3 is 1.97 bits per heavy atom. The van der Waals surface area contributed by atoms with Crippen LogP contribution in [0.15, 0.2) is 94.3 Å². The molecule has 3 saturated heterocycles. The Hall–Kier alpha value is -10.3. The number of nitrogens with one attached hydrogen (secondary N) is 3. The number of phenolic OH excluding ortho intramolecular Hbond substituents is 3. The van der Waals surface area contributed by atoms with E-state index in [4.69, 9.17) is 72.4 Å². The number of esters is 1. The van der Waals surface area contributed by atoms with Crippen molar-refractivity contribution >= 4 is 70.4 Å². The lowest BCUT2D eigenvalue weighted by Gasteiger charge is -2.45. The third-order valence-corrected chi connectivity index (χ3v) is 21.1. The second-order valence-electron chi connectivity index (χ2n) is 29.2. The summed E-state index contributed by atoms with van der Waals surface area (Å²) in [6.07, 6.45) is -5.18. The number of fused-ring (bicyclic) bond motifs is 14. The fourth-order valence-corrected chi connectivity index (χ4v) is 14.0. The number of benzene rings is 2. The molecule has 43 nitrogen and oxygen atoms in total. The maximum absolute atomic E-state index is 14.4. The summed E-state index contributed by atoms with van der Waals surface area (Å²) in [4.78, 5) is 94.4. The number of rotatable bonds is 15. The number of allylic oxidation sites excluding steroid dienone is 2. The standard InChI is InChI=1S/C43H58N4O12.C21H39N7O12.C6H7N3O.C5H5N3O/c1-21-12-11-13-22(2)42(55)45-33-28(20-44-47-17-15-46(9)16-18-47)37(52)30-31(38(33)53)36(51)26(6)40-32(30)41(54)43(8,59-40)57-19-14-29(56-10)23(3)39(58-27(7)48)25(5)35(50)24(4)34(21)49;1-5-21(36,4-30)16(40-17-9(26-2)13(34)10(31)6(3-29)38-17)18(37-5)39-15-8(28-20(24)25)11(32)7(27-19(22)23)12(33)14(15)35;7-9-6(10)5-1-3-8-4-2-5;6-5(9)4-3-7-1-2-8-4/h11-14,19-21,23-25,29,34-35,39,49-53H,15-18H2,1-10H3,(H,45,55);4-18,26,29,31-36H,3H2,1-2H3,(H4,22,23,27)(H4,24,25,28);1-4H,7H2,(H,9,10);1-3H,(H2,6,9)/b12-11+,19-14+,22-13-,44-20-;;;/t21-,23-,24+,25+,29-,34+,35+,39+,43-;5-,6-,7+,8-,9-,10-,11+,12-,13-,14+,15+,16-,17-,18-,21+;;/m00../s1. The Kier molecular flexibility index (Phi) is 33.3. The number of hydrazine groups is 1. The molecule has 6 aliphatic heterocycles. The Bertz CT molecular complexity index is 4330. The van der Waals surface area contributed by atoms with Crippen LogP contribution in [-0.2, 0) is 47.5 Å². The molecule has 11 rings (SSSR count). The molecule has 3 amide bonds. The van der Waals surface area contributed by atoms with Gasteiger partial charge >= 0.3 is 11.8 Å². The van der Waals surface area contributed by atoms with Gasteiger partial charge in [-0.2, -0.15) is 5.10 Å². The predicted molar refractivity (Wildman–Crippen MR) is 420 cm³/mol. The van der Waals surface area contributed by atoms with Gasteiger partial charge in [0.15, 0.2) is 42.1 Å². The number of hydrazone groups is 1. The van der Waals surface area contributed by atoms with Crippen LogP contribution in [0, 0.1) is 30.6 Å². The number of ether oxygens (including phenoxy) is 8. The zero-order valence-corrected chi connectivity index (χ0v) is 66.9. The summed E-state index contributed by atoms with van der Waals surface area (Å²) < 4.78 is 46.5. The number of Topliss-reactive ketones (excluding diaryl/α,β-unsaturated/α-hetero) is 1. The molecule has 27 N–H and O–H groups in total. The second kappa shape index (κ2) is 41.4. The Morgan fingerprint density at radius 1 is 0.763 bits per heavy atom. The van der Waals surface area contributed by atoms with Crippen LogP contribution in [-0.4, -0.2) is 315 Å². The van der Waals surface area contributed by atoms with Gasteiger partial charge < -0.3 is 143 Å². The van der Waals surface area contributed by atoms with Crippen molar-refractivity contribution in [2.75, 3.05) is 59.3 Å². The lowest BCUT2D eigenvalue weighted by molar-refractivity contribution is -0.314. The number of nitrogens with zero attached hydrogens (tertiary/aromatic N) is 8. The molecule has 4 fully saturated rings. The molecule has 2 aromatic carbocycles. The molecule has 5 bridgehead atoms. The molecule has 1 aliphatic carbocycles. The van der Waals surface area contributed by atoms with E-state index >= 15 is 0 Å². The molecule has 43 heteroatoms. The van der Waals surface area contributed by atoms with Gasteiger partial charge in [-0.25, -0.2) is 20.8 Å². The molecule has 0 unspecified atom stereocenters. The van der Waals surface area contributed by atoms with Crippen LogP contribution < -0.4 is 55.3 Å². The van der Waals surface area contributed by atoms with Crippen molar-refractivity contribution in [3.63, 3.8) is 0 Å². The van der Waals surface area contributed by atoms with Crippen molar-refractivity contribution in [2.24, 2.45) is 73.3 Å². The number of aliphatic imine (C=N–C) groups is 2. The minimum atomic E-state index is -2.38. The number of likely N-dealkylation sites (N-methyl/N-ethyl adjacent to an activating group) is 2. The molecule has 1 saturated carbocycles. The van der Waals surface area contributed by atoms with E-state index in [-0.39, 0.29) is 62.4 Å². The number of aromatic hydroxyl groups is 3. The topological polar surface area (TPSA) is 693 Å². The molecule has 2 aromatic heterocycles. The summed E-state index contributed by atoms with van der Waals surface area (Å²) in [7, 11) is 4.84.